The molecule has 0 N–H and O–H groups in total. The first-order chi connectivity index (χ1) is 9.10. The molecule has 2 rings (SSSR count). The summed E-state index contributed by atoms with van der Waals surface area (Å²) in [6, 6.07) is 2.81. The Labute approximate surface area is 119 Å². The van der Waals surface area contributed by atoms with Crippen LogP contribution < -0.4 is 0 Å². The lowest BCUT2D eigenvalue weighted by Crippen LogP contribution is -2.37. The Bertz CT molecular complexity index is 327. The Balaban J connectivity index is 1.92. The van der Waals surface area contributed by atoms with E-state index in [0.29, 0.717) is 11.8 Å². The van der Waals surface area contributed by atoms with E-state index in [1.165, 1.54) is 57.8 Å². The fourth-order valence-electron chi connectivity index (χ4n) is 4.87. The summed E-state index contributed by atoms with van der Waals surface area (Å²) in [4.78, 5) is 0. The quantitative estimate of drug-likeness (QED) is 0.594. The van der Waals surface area contributed by atoms with E-state index in [-0.39, 0.29) is 5.41 Å². The second-order valence-electron chi connectivity index (χ2n) is 7.58. The van der Waals surface area contributed by atoms with Crippen molar-refractivity contribution in [1.82, 2.24) is 0 Å². The molecule has 0 aromatic rings. The lowest BCUT2D eigenvalue weighted by atomic mass is 9.61. The van der Waals surface area contributed by atoms with E-state index in [4.69, 9.17) is 0 Å². The maximum absolute atomic E-state index is 9.83. The third-order valence-electron chi connectivity index (χ3n) is 5.95. The zero-order valence-electron chi connectivity index (χ0n) is 13.1. The number of nitrogens with zero attached hydrogens (tertiary/aromatic N) is 1. The van der Waals surface area contributed by atoms with E-state index in [1.807, 2.05) is 0 Å². The predicted octanol–water partition coefficient (Wildman–Crippen LogP) is 5.56. The van der Waals surface area contributed by atoms with Crippen molar-refractivity contribution >= 4 is 0 Å². The molecule has 2 aliphatic carbocycles. The van der Waals surface area contributed by atoms with E-state index in [1.54, 1.807) is 0 Å². The van der Waals surface area contributed by atoms with Gasteiger partial charge in [0.2, 0.25) is 0 Å². The normalized spacial score (nSPS) is 38.2. The van der Waals surface area contributed by atoms with Crippen LogP contribution in [-0.4, -0.2) is 0 Å². The van der Waals surface area contributed by atoms with Gasteiger partial charge in [-0.25, -0.2) is 0 Å². The summed E-state index contributed by atoms with van der Waals surface area (Å²) in [6.45, 7) is 7.01. The monoisotopic (exact) mass is 261 g/mol. The Kier molecular flexibility index (Phi) is 4.93. The zero-order chi connectivity index (χ0) is 13.9. The maximum atomic E-state index is 9.83. The first-order valence-electron chi connectivity index (χ1n) is 8.51. The van der Waals surface area contributed by atoms with Crippen molar-refractivity contribution in [1.29, 1.82) is 5.26 Å². The molecule has 0 spiro atoms. The minimum Gasteiger partial charge on any atom is -0.198 e. The van der Waals surface area contributed by atoms with Crippen molar-refractivity contribution in [2.75, 3.05) is 0 Å². The molecule has 19 heavy (non-hydrogen) atoms. The van der Waals surface area contributed by atoms with E-state index in [0.717, 1.165) is 11.8 Å². The van der Waals surface area contributed by atoms with Gasteiger partial charge >= 0.3 is 0 Å². The molecule has 0 aliphatic heterocycles. The Morgan fingerprint density at radius 1 is 1.21 bits per heavy atom. The van der Waals surface area contributed by atoms with Crippen molar-refractivity contribution in [2.45, 2.75) is 78.6 Å². The van der Waals surface area contributed by atoms with Crippen LogP contribution in [0.4, 0.5) is 0 Å². The highest BCUT2D eigenvalue weighted by Gasteiger charge is 2.53. The number of rotatable bonds is 5. The molecule has 2 saturated carbocycles. The summed E-state index contributed by atoms with van der Waals surface area (Å²) < 4.78 is 0. The number of nitriles is 1. The first kappa shape index (κ1) is 14.9. The molecule has 0 saturated heterocycles. The molecule has 1 heteroatoms. The SMILES string of the molecule is CC(C)CCCC[C@H]1CC[C@H]2[C@@H](C)CCC[C@]12C#N. The van der Waals surface area contributed by atoms with Crippen LogP contribution in [0.25, 0.3) is 0 Å². The lowest BCUT2D eigenvalue weighted by Gasteiger charge is -2.41. The summed E-state index contributed by atoms with van der Waals surface area (Å²) in [5.74, 6) is 3.03. The Morgan fingerprint density at radius 2 is 2.00 bits per heavy atom. The molecule has 2 fully saturated rings. The molecule has 1 nitrogen and oxygen atoms in total. The van der Waals surface area contributed by atoms with Gasteiger partial charge in [0.05, 0.1) is 11.5 Å². The third-order valence-corrected chi connectivity index (χ3v) is 5.95. The fraction of sp³-hybridized carbons (Fsp3) is 0.944. The highest BCUT2D eigenvalue weighted by molar-refractivity contribution is 5.13. The van der Waals surface area contributed by atoms with E-state index >= 15 is 0 Å². The second-order valence-corrected chi connectivity index (χ2v) is 7.58. The topological polar surface area (TPSA) is 23.8 Å². The van der Waals surface area contributed by atoms with Gasteiger partial charge in [0.25, 0.3) is 0 Å². The summed E-state index contributed by atoms with van der Waals surface area (Å²) in [7, 11) is 0. The maximum Gasteiger partial charge on any atom is 0.0695 e. The minimum absolute atomic E-state index is 0.0650. The van der Waals surface area contributed by atoms with Gasteiger partial charge in [-0.2, -0.15) is 5.26 Å². The van der Waals surface area contributed by atoms with Gasteiger partial charge in [-0.15, -0.1) is 0 Å². The van der Waals surface area contributed by atoms with Crippen LogP contribution in [0.2, 0.25) is 0 Å². The van der Waals surface area contributed by atoms with Gasteiger partial charge in [-0.1, -0.05) is 52.9 Å². The summed E-state index contributed by atoms with van der Waals surface area (Å²) >= 11 is 0. The van der Waals surface area contributed by atoms with Crippen LogP contribution >= 0.6 is 0 Å². The third kappa shape index (κ3) is 2.99. The lowest BCUT2D eigenvalue weighted by molar-refractivity contribution is 0.0919. The van der Waals surface area contributed by atoms with Gasteiger partial charge < -0.3 is 0 Å². The van der Waals surface area contributed by atoms with Gasteiger partial charge in [-0.05, 0) is 49.4 Å². The van der Waals surface area contributed by atoms with Crippen molar-refractivity contribution in [2.24, 2.45) is 29.1 Å². The highest BCUT2D eigenvalue weighted by atomic mass is 14.6. The Hall–Kier alpha value is -0.510. The Morgan fingerprint density at radius 3 is 2.68 bits per heavy atom. The molecule has 0 radical (unpaired) electrons. The molecule has 4 atom stereocenters. The number of hydrogen-bond donors (Lipinski definition) is 0. The van der Waals surface area contributed by atoms with Gasteiger partial charge in [0.15, 0.2) is 0 Å². The van der Waals surface area contributed by atoms with Gasteiger partial charge in [-0.3, -0.25) is 0 Å². The molecule has 0 heterocycles. The van der Waals surface area contributed by atoms with Crippen LogP contribution in [0.1, 0.15) is 78.6 Å². The van der Waals surface area contributed by atoms with E-state index in [9.17, 15) is 5.26 Å². The average molecular weight is 261 g/mol. The van der Waals surface area contributed by atoms with Crippen LogP contribution in [0.5, 0.6) is 0 Å². The average Bonchev–Trinajstić information content (AvgIpc) is 2.75. The van der Waals surface area contributed by atoms with Crippen LogP contribution in [-0.2, 0) is 0 Å². The van der Waals surface area contributed by atoms with E-state index in [2.05, 4.69) is 26.8 Å². The van der Waals surface area contributed by atoms with Crippen LogP contribution in [0.3, 0.4) is 0 Å². The van der Waals surface area contributed by atoms with Crippen molar-refractivity contribution in [3.05, 3.63) is 0 Å². The molecule has 0 unspecified atom stereocenters. The summed E-state index contributed by atoms with van der Waals surface area (Å²) in [5.41, 5.74) is 0.0650. The highest BCUT2D eigenvalue weighted by Crippen LogP contribution is 2.58. The first-order valence-corrected chi connectivity index (χ1v) is 8.51. The van der Waals surface area contributed by atoms with Gasteiger partial charge in [0.1, 0.15) is 0 Å². The largest absolute Gasteiger partial charge is 0.198 e. The standard InChI is InChI=1S/C18H31N/c1-14(2)7-4-5-9-16-10-11-17-15(3)8-6-12-18(16,17)13-19/h14-17H,4-12H2,1-3H3/t15-,16-,17-,18-/m0/s1. The predicted molar refractivity (Wildman–Crippen MR) is 80.6 cm³/mol. The summed E-state index contributed by atoms with van der Waals surface area (Å²) in [5, 5.41) is 9.83. The summed E-state index contributed by atoms with van der Waals surface area (Å²) in [6.07, 6.45) is 11.8. The molecule has 2 aliphatic rings. The number of hydrogen-bond acceptors (Lipinski definition) is 1. The number of unbranched alkanes of at least 4 members (excludes halogenated alkanes) is 1. The molecular weight excluding hydrogens is 230 g/mol. The molecule has 0 aromatic heterocycles. The smallest absolute Gasteiger partial charge is 0.0695 e. The molecular formula is C18H31N. The molecule has 0 bridgehead atoms. The van der Waals surface area contributed by atoms with Crippen LogP contribution in [0, 0.1) is 40.4 Å². The number of fused-ring (bicyclic) bond motifs is 1. The van der Waals surface area contributed by atoms with Gasteiger partial charge in [0, 0.05) is 0 Å². The molecule has 0 amide bonds. The second kappa shape index (κ2) is 6.29. The molecule has 108 valence electrons. The van der Waals surface area contributed by atoms with Crippen molar-refractivity contribution in [3.8, 4) is 6.07 Å². The van der Waals surface area contributed by atoms with Crippen molar-refractivity contribution < 1.29 is 0 Å². The van der Waals surface area contributed by atoms with Crippen LogP contribution in [0.15, 0.2) is 0 Å². The molecule has 0 aromatic carbocycles. The minimum atomic E-state index is 0.0650. The van der Waals surface area contributed by atoms with Crippen molar-refractivity contribution in [3.63, 3.8) is 0 Å². The van der Waals surface area contributed by atoms with E-state index < -0.39 is 0 Å². The zero-order valence-corrected chi connectivity index (χ0v) is 13.1. The fourth-order valence-corrected chi connectivity index (χ4v) is 4.87.